The van der Waals surface area contributed by atoms with Gasteiger partial charge in [-0.05, 0) is 56.6 Å². The van der Waals surface area contributed by atoms with Crippen LogP contribution in [-0.4, -0.2) is 4.57 Å². The van der Waals surface area contributed by atoms with E-state index in [1.807, 2.05) is 0 Å². The van der Waals surface area contributed by atoms with Crippen molar-refractivity contribution < 1.29 is 0 Å². The first-order valence-corrected chi connectivity index (χ1v) is 10.7. The van der Waals surface area contributed by atoms with E-state index in [0.717, 1.165) is 0 Å². The molecule has 0 aliphatic heterocycles. The lowest BCUT2D eigenvalue weighted by atomic mass is 9.94. The standard InChI is InChI=1S/C30H19N/c1-2-11-23-21(9-1)22-10-3-4-12-24(22)28-19-20(17-18-25(23)28)31-29-15-7-5-13-26(29)27-14-6-8-16-30(27)31/h1-19H. The number of benzene rings is 6. The molecule has 0 radical (unpaired) electrons. The molecule has 7 rings (SSSR count). The molecule has 0 saturated carbocycles. The van der Waals surface area contributed by atoms with E-state index in [0.29, 0.717) is 0 Å². The van der Waals surface area contributed by atoms with E-state index in [9.17, 15) is 0 Å². The van der Waals surface area contributed by atoms with Crippen LogP contribution in [0.1, 0.15) is 0 Å². The van der Waals surface area contributed by atoms with Gasteiger partial charge in [-0.2, -0.15) is 0 Å². The molecule has 0 aliphatic carbocycles. The summed E-state index contributed by atoms with van der Waals surface area (Å²) in [6.45, 7) is 0. The van der Waals surface area contributed by atoms with Crippen molar-refractivity contribution in [3.05, 3.63) is 115 Å². The van der Waals surface area contributed by atoms with Gasteiger partial charge in [0.25, 0.3) is 0 Å². The molecular formula is C30H19N. The monoisotopic (exact) mass is 393 g/mol. The maximum Gasteiger partial charge on any atom is 0.0541 e. The summed E-state index contributed by atoms with van der Waals surface area (Å²) in [5.41, 5.74) is 3.69. The molecule has 0 amide bonds. The Bertz CT molecular complexity index is 1700. The molecule has 0 unspecified atom stereocenters. The smallest absolute Gasteiger partial charge is 0.0541 e. The highest BCUT2D eigenvalue weighted by molar-refractivity contribution is 6.25. The molecule has 1 aromatic heterocycles. The summed E-state index contributed by atoms with van der Waals surface area (Å²) in [7, 11) is 0. The topological polar surface area (TPSA) is 4.93 Å². The predicted molar refractivity (Wildman–Crippen MR) is 133 cm³/mol. The molecule has 0 N–H and O–H groups in total. The van der Waals surface area contributed by atoms with Crippen molar-refractivity contribution in [3.8, 4) is 5.69 Å². The maximum atomic E-state index is 2.40. The second kappa shape index (κ2) is 6.20. The van der Waals surface area contributed by atoms with E-state index in [4.69, 9.17) is 0 Å². The normalized spacial score (nSPS) is 11.9. The van der Waals surface area contributed by atoms with Crippen LogP contribution in [0.3, 0.4) is 0 Å². The number of hydrogen-bond acceptors (Lipinski definition) is 0. The zero-order valence-corrected chi connectivity index (χ0v) is 16.9. The minimum atomic E-state index is 1.20. The first kappa shape index (κ1) is 16.7. The van der Waals surface area contributed by atoms with E-state index in [1.54, 1.807) is 0 Å². The van der Waals surface area contributed by atoms with E-state index in [2.05, 4.69) is 120 Å². The molecule has 6 aromatic carbocycles. The third kappa shape index (κ3) is 2.26. The molecule has 1 heterocycles. The Kier molecular flexibility index (Phi) is 3.33. The zero-order valence-electron chi connectivity index (χ0n) is 16.9. The average Bonchev–Trinajstić information content (AvgIpc) is 3.18. The Labute approximate surface area is 179 Å². The van der Waals surface area contributed by atoms with Crippen LogP contribution in [0.2, 0.25) is 0 Å². The van der Waals surface area contributed by atoms with Crippen LogP contribution in [0.5, 0.6) is 0 Å². The van der Waals surface area contributed by atoms with Crippen LogP contribution >= 0.6 is 0 Å². The fourth-order valence-corrected chi connectivity index (χ4v) is 5.24. The molecule has 1 nitrogen and oxygen atoms in total. The van der Waals surface area contributed by atoms with Crippen molar-refractivity contribution >= 4 is 54.1 Å². The molecule has 0 aliphatic rings. The predicted octanol–water partition coefficient (Wildman–Crippen LogP) is 8.24. The number of para-hydroxylation sites is 2. The molecule has 0 atom stereocenters. The summed E-state index contributed by atoms with van der Waals surface area (Å²) < 4.78 is 2.40. The molecule has 0 saturated heterocycles. The molecule has 31 heavy (non-hydrogen) atoms. The lowest BCUT2D eigenvalue weighted by molar-refractivity contribution is 1.19. The maximum absolute atomic E-state index is 2.40. The fourth-order valence-electron chi connectivity index (χ4n) is 5.24. The Morgan fingerprint density at radius 2 is 0.710 bits per heavy atom. The molecule has 144 valence electrons. The Hall–Kier alpha value is -4.10. The second-order valence-electron chi connectivity index (χ2n) is 8.19. The number of fused-ring (bicyclic) bond motifs is 9. The van der Waals surface area contributed by atoms with Gasteiger partial charge in [-0.3, -0.25) is 0 Å². The number of nitrogens with zero attached hydrogens (tertiary/aromatic N) is 1. The lowest BCUT2D eigenvalue weighted by Crippen LogP contribution is -1.94. The Balaban J connectivity index is 1.66. The SMILES string of the molecule is c1ccc2c(c1)c1ccccc1c1cc(-n3c4ccccc4c4ccccc43)ccc21. The van der Waals surface area contributed by atoms with Crippen molar-refractivity contribution in [3.63, 3.8) is 0 Å². The number of aromatic nitrogens is 1. The highest BCUT2D eigenvalue weighted by Crippen LogP contribution is 2.38. The summed E-state index contributed by atoms with van der Waals surface area (Å²) >= 11 is 0. The van der Waals surface area contributed by atoms with E-state index in [1.165, 1.54) is 59.8 Å². The van der Waals surface area contributed by atoms with Crippen molar-refractivity contribution in [1.29, 1.82) is 0 Å². The van der Waals surface area contributed by atoms with Gasteiger partial charge < -0.3 is 4.57 Å². The summed E-state index contributed by atoms with van der Waals surface area (Å²) in [5.74, 6) is 0. The molecule has 1 heteroatoms. The van der Waals surface area contributed by atoms with Gasteiger partial charge in [0, 0.05) is 16.5 Å². The van der Waals surface area contributed by atoms with Crippen LogP contribution in [0.15, 0.2) is 115 Å². The minimum Gasteiger partial charge on any atom is -0.309 e. The zero-order chi connectivity index (χ0) is 20.4. The molecule has 7 aromatic rings. The highest BCUT2D eigenvalue weighted by atomic mass is 15.0. The van der Waals surface area contributed by atoms with Crippen LogP contribution in [0.4, 0.5) is 0 Å². The van der Waals surface area contributed by atoms with Crippen molar-refractivity contribution in [2.45, 2.75) is 0 Å². The van der Waals surface area contributed by atoms with Crippen LogP contribution in [0.25, 0.3) is 59.8 Å². The summed E-state index contributed by atoms with van der Waals surface area (Å²) in [6, 6.07) is 41.8. The van der Waals surface area contributed by atoms with Crippen LogP contribution in [0, 0.1) is 0 Å². The first-order valence-electron chi connectivity index (χ1n) is 10.7. The van der Waals surface area contributed by atoms with Crippen molar-refractivity contribution in [2.75, 3.05) is 0 Å². The summed E-state index contributed by atoms with van der Waals surface area (Å²) in [6.07, 6.45) is 0. The van der Waals surface area contributed by atoms with Gasteiger partial charge in [-0.15, -0.1) is 0 Å². The summed E-state index contributed by atoms with van der Waals surface area (Å²) in [4.78, 5) is 0. The van der Waals surface area contributed by atoms with Crippen molar-refractivity contribution in [2.24, 2.45) is 0 Å². The second-order valence-corrected chi connectivity index (χ2v) is 8.19. The van der Waals surface area contributed by atoms with Gasteiger partial charge in [0.1, 0.15) is 0 Å². The third-order valence-corrected chi connectivity index (χ3v) is 6.57. The van der Waals surface area contributed by atoms with Crippen LogP contribution in [-0.2, 0) is 0 Å². The third-order valence-electron chi connectivity index (χ3n) is 6.57. The Morgan fingerprint density at radius 1 is 0.323 bits per heavy atom. The van der Waals surface area contributed by atoms with Crippen molar-refractivity contribution in [1.82, 2.24) is 4.57 Å². The van der Waals surface area contributed by atoms with Gasteiger partial charge in [0.2, 0.25) is 0 Å². The first-order chi connectivity index (χ1) is 15.4. The van der Waals surface area contributed by atoms with Gasteiger partial charge in [0.05, 0.1) is 11.0 Å². The fraction of sp³-hybridized carbons (Fsp3) is 0. The quantitative estimate of drug-likeness (QED) is 0.247. The molecule has 0 spiro atoms. The largest absolute Gasteiger partial charge is 0.309 e. The van der Waals surface area contributed by atoms with Crippen LogP contribution < -0.4 is 0 Å². The van der Waals surface area contributed by atoms with E-state index >= 15 is 0 Å². The molecular weight excluding hydrogens is 374 g/mol. The Morgan fingerprint density at radius 3 is 1.23 bits per heavy atom. The number of rotatable bonds is 1. The lowest BCUT2D eigenvalue weighted by Gasteiger charge is -2.13. The molecule has 0 bridgehead atoms. The van der Waals surface area contributed by atoms with Gasteiger partial charge in [-0.1, -0.05) is 91.0 Å². The van der Waals surface area contributed by atoms with E-state index < -0.39 is 0 Å². The highest BCUT2D eigenvalue weighted by Gasteiger charge is 2.13. The average molecular weight is 393 g/mol. The minimum absolute atomic E-state index is 1.20. The number of hydrogen-bond donors (Lipinski definition) is 0. The molecule has 0 fully saturated rings. The summed E-state index contributed by atoms with van der Waals surface area (Å²) in [5, 5.41) is 10.4. The van der Waals surface area contributed by atoms with E-state index in [-0.39, 0.29) is 0 Å². The van der Waals surface area contributed by atoms with Gasteiger partial charge >= 0.3 is 0 Å². The van der Waals surface area contributed by atoms with Gasteiger partial charge in [-0.25, -0.2) is 0 Å². The van der Waals surface area contributed by atoms with Gasteiger partial charge in [0.15, 0.2) is 0 Å².